The lowest BCUT2D eigenvalue weighted by atomic mass is 9.96. The summed E-state index contributed by atoms with van der Waals surface area (Å²) in [6.45, 7) is 4.61. The smallest absolute Gasteiger partial charge is 0.0628 e. The zero-order valence-electron chi connectivity index (χ0n) is 10.8. The summed E-state index contributed by atoms with van der Waals surface area (Å²) in [7, 11) is 3.98. The van der Waals surface area contributed by atoms with Gasteiger partial charge in [-0.3, -0.25) is 0 Å². The van der Waals surface area contributed by atoms with Crippen molar-refractivity contribution in [2.75, 3.05) is 20.7 Å². The van der Waals surface area contributed by atoms with Crippen LogP contribution in [0.3, 0.4) is 0 Å². The molecule has 0 fully saturated rings. The molecule has 0 saturated carbocycles. The Morgan fingerprint density at radius 3 is 2.00 bits per heavy atom. The van der Waals surface area contributed by atoms with Crippen molar-refractivity contribution in [1.29, 1.82) is 0 Å². The Morgan fingerprint density at radius 1 is 1.12 bits per heavy atom. The number of hydrogen-bond donors (Lipinski definition) is 1. The molecule has 0 bridgehead atoms. The molecule has 0 aromatic heterocycles. The summed E-state index contributed by atoms with van der Waals surface area (Å²) in [4.78, 5) is 2.04. The van der Waals surface area contributed by atoms with Crippen LogP contribution in [0.5, 0.6) is 0 Å². The van der Waals surface area contributed by atoms with E-state index < -0.39 is 0 Å². The molecule has 0 aliphatic heterocycles. The second-order valence-corrected chi connectivity index (χ2v) is 4.64. The number of rotatable bonds is 5. The summed E-state index contributed by atoms with van der Waals surface area (Å²) in [5, 5.41) is 9.33. The molecule has 2 nitrogen and oxygen atoms in total. The zero-order valence-corrected chi connectivity index (χ0v) is 10.8. The van der Waals surface area contributed by atoms with E-state index in [1.807, 2.05) is 19.0 Å². The van der Waals surface area contributed by atoms with E-state index in [1.165, 1.54) is 11.1 Å². The summed E-state index contributed by atoms with van der Waals surface area (Å²) >= 11 is 0. The van der Waals surface area contributed by atoms with Crippen molar-refractivity contribution in [3.8, 4) is 0 Å². The molecule has 2 atom stereocenters. The fourth-order valence-electron chi connectivity index (χ4n) is 1.85. The van der Waals surface area contributed by atoms with Crippen LogP contribution >= 0.6 is 0 Å². The van der Waals surface area contributed by atoms with Gasteiger partial charge in [-0.2, -0.15) is 0 Å². The lowest BCUT2D eigenvalue weighted by Crippen LogP contribution is -2.23. The van der Waals surface area contributed by atoms with Crippen LogP contribution in [-0.4, -0.2) is 30.7 Å². The van der Waals surface area contributed by atoms with Gasteiger partial charge in [-0.15, -0.1) is 0 Å². The average molecular weight is 221 g/mol. The summed E-state index contributed by atoms with van der Waals surface area (Å²) in [5.41, 5.74) is 2.56. The van der Waals surface area contributed by atoms with Gasteiger partial charge in [-0.1, -0.05) is 38.1 Å². The van der Waals surface area contributed by atoms with Gasteiger partial charge in [0.2, 0.25) is 0 Å². The largest absolute Gasteiger partial charge is 0.394 e. The molecule has 1 aromatic rings. The molecule has 0 saturated heterocycles. The first kappa shape index (κ1) is 13.2. The third kappa shape index (κ3) is 3.06. The number of likely N-dealkylation sites (N-methyl/N-ethyl adjacent to an activating group) is 1. The van der Waals surface area contributed by atoms with Crippen molar-refractivity contribution in [2.24, 2.45) is 0 Å². The van der Waals surface area contributed by atoms with Crippen LogP contribution in [0, 0.1) is 0 Å². The van der Waals surface area contributed by atoms with Gasteiger partial charge in [0, 0.05) is 0 Å². The van der Waals surface area contributed by atoms with Gasteiger partial charge in [0.1, 0.15) is 0 Å². The van der Waals surface area contributed by atoms with Crippen molar-refractivity contribution in [2.45, 2.75) is 32.2 Å². The Labute approximate surface area is 98.9 Å². The Morgan fingerprint density at radius 2 is 1.62 bits per heavy atom. The quantitative estimate of drug-likeness (QED) is 0.826. The first-order valence-electron chi connectivity index (χ1n) is 5.97. The van der Waals surface area contributed by atoms with Crippen molar-refractivity contribution in [3.63, 3.8) is 0 Å². The Hall–Kier alpha value is -0.860. The minimum Gasteiger partial charge on any atom is -0.394 e. The van der Waals surface area contributed by atoms with E-state index in [1.54, 1.807) is 0 Å². The van der Waals surface area contributed by atoms with Crippen LogP contribution in [0.25, 0.3) is 0 Å². The SMILES string of the molecule is CCC(C)c1ccc(C(CO)N(C)C)cc1. The van der Waals surface area contributed by atoms with E-state index in [2.05, 4.69) is 38.1 Å². The van der Waals surface area contributed by atoms with Crippen molar-refractivity contribution in [3.05, 3.63) is 35.4 Å². The molecular formula is C14H23NO. The summed E-state index contributed by atoms with van der Waals surface area (Å²) in [6, 6.07) is 8.71. The number of nitrogens with zero attached hydrogens (tertiary/aromatic N) is 1. The van der Waals surface area contributed by atoms with Crippen LogP contribution in [0.4, 0.5) is 0 Å². The summed E-state index contributed by atoms with van der Waals surface area (Å²) < 4.78 is 0. The molecule has 0 amide bonds. The van der Waals surface area contributed by atoms with Gasteiger partial charge in [-0.25, -0.2) is 0 Å². The molecule has 0 heterocycles. The molecule has 0 aliphatic rings. The van der Waals surface area contributed by atoms with Crippen LogP contribution in [-0.2, 0) is 0 Å². The fourth-order valence-corrected chi connectivity index (χ4v) is 1.85. The maximum absolute atomic E-state index is 9.33. The lowest BCUT2D eigenvalue weighted by molar-refractivity contribution is 0.171. The van der Waals surface area contributed by atoms with E-state index in [0.29, 0.717) is 5.92 Å². The van der Waals surface area contributed by atoms with Crippen molar-refractivity contribution >= 4 is 0 Å². The second-order valence-electron chi connectivity index (χ2n) is 4.64. The van der Waals surface area contributed by atoms with Crippen molar-refractivity contribution in [1.82, 2.24) is 4.90 Å². The molecular weight excluding hydrogens is 198 g/mol. The zero-order chi connectivity index (χ0) is 12.1. The lowest BCUT2D eigenvalue weighted by Gasteiger charge is -2.23. The van der Waals surface area contributed by atoms with Crippen molar-refractivity contribution < 1.29 is 5.11 Å². The molecule has 0 spiro atoms. The molecule has 2 heteroatoms. The molecule has 90 valence electrons. The van der Waals surface area contributed by atoms with E-state index in [0.717, 1.165) is 6.42 Å². The van der Waals surface area contributed by atoms with Crippen LogP contribution in [0.15, 0.2) is 24.3 Å². The maximum atomic E-state index is 9.33. The molecule has 1 rings (SSSR count). The monoisotopic (exact) mass is 221 g/mol. The first-order valence-corrected chi connectivity index (χ1v) is 5.97. The van der Waals surface area contributed by atoms with Gasteiger partial charge in [0.25, 0.3) is 0 Å². The highest BCUT2D eigenvalue weighted by Gasteiger charge is 2.12. The van der Waals surface area contributed by atoms with E-state index in [9.17, 15) is 5.11 Å². The van der Waals surface area contributed by atoms with E-state index in [4.69, 9.17) is 0 Å². The fraction of sp³-hybridized carbons (Fsp3) is 0.571. The summed E-state index contributed by atoms with van der Waals surface area (Å²) in [6.07, 6.45) is 1.16. The number of hydrogen-bond acceptors (Lipinski definition) is 2. The van der Waals surface area contributed by atoms with E-state index in [-0.39, 0.29) is 12.6 Å². The predicted octanol–water partition coefficient (Wildman–Crippen LogP) is 2.80. The Kier molecular flexibility index (Phi) is 4.97. The molecule has 2 unspecified atom stereocenters. The van der Waals surface area contributed by atoms with Crippen LogP contribution in [0.1, 0.15) is 43.4 Å². The third-order valence-corrected chi connectivity index (χ3v) is 3.30. The van der Waals surface area contributed by atoms with Gasteiger partial charge in [0.05, 0.1) is 12.6 Å². The minimum absolute atomic E-state index is 0.103. The number of aliphatic hydroxyl groups is 1. The Balaban J connectivity index is 2.85. The number of benzene rings is 1. The highest BCUT2D eigenvalue weighted by atomic mass is 16.3. The molecule has 0 aliphatic carbocycles. The van der Waals surface area contributed by atoms with Gasteiger partial charge in [-0.05, 0) is 37.6 Å². The Bertz CT molecular complexity index is 305. The molecule has 1 N–H and O–H groups in total. The van der Waals surface area contributed by atoms with Gasteiger partial charge >= 0.3 is 0 Å². The molecule has 1 aromatic carbocycles. The van der Waals surface area contributed by atoms with Gasteiger partial charge in [0.15, 0.2) is 0 Å². The third-order valence-electron chi connectivity index (χ3n) is 3.30. The van der Waals surface area contributed by atoms with E-state index >= 15 is 0 Å². The maximum Gasteiger partial charge on any atom is 0.0628 e. The predicted molar refractivity (Wildman–Crippen MR) is 68.7 cm³/mol. The van der Waals surface area contributed by atoms with Gasteiger partial charge < -0.3 is 10.0 Å². The standard InChI is InChI=1S/C14H23NO/c1-5-11(2)12-6-8-13(9-7-12)14(10-16)15(3)4/h6-9,11,14,16H,5,10H2,1-4H3. The normalized spacial score (nSPS) is 15.1. The second kappa shape index (κ2) is 6.02. The highest BCUT2D eigenvalue weighted by Crippen LogP contribution is 2.22. The first-order chi connectivity index (χ1) is 7.60. The number of aliphatic hydroxyl groups excluding tert-OH is 1. The van der Waals surface area contributed by atoms with Crippen LogP contribution in [0.2, 0.25) is 0 Å². The van der Waals surface area contributed by atoms with Crippen LogP contribution < -0.4 is 0 Å². The average Bonchev–Trinajstić information content (AvgIpc) is 2.29. The summed E-state index contributed by atoms with van der Waals surface area (Å²) in [5.74, 6) is 0.612. The molecule has 16 heavy (non-hydrogen) atoms. The molecule has 0 radical (unpaired) electrons. The topological polar surface area (TPSA) is 23.5 Å². The minimum atomic E-state index is 0.103. The highest BCUT2D eigenvalue weighted by molar-refractivity contribution is 5.27.